The van der Waals surface area contributed by atoms with Gasteiger partial charge in [0.05, 0.1) is 0 Å². The van der Waals surface area contributed by atoms with Crippen molar-refractivity contribution in [2.24, 2.45) is 23.5 Å². The van der Waals surface area contributed by atoms with Crippen LogP contribution in [0.4, 0.5) is 0 Å². The topological polar surface area (TPSA) is 29.3 Å². The molecule has 0 radical (unpaired) electrons. The van der Waals surface area contributed by atoms with Crippen LogP contribution >= 0.6 is 0 Å². The molecule has 17 heavy (non-hydrogen) atoms. The van der Waals surface area contributed by atoms with Gasteiger partial charge in [-0.15, -0.1) is 0 Å². The molecule has 0 aromatic heterocycles. The average molecular weight is 238 g/mol. The van der Waals surface area contributed by atoms with E-state index in [1.807, 2.05) is 0 Å². The third-order valence-electron chi connectivity index (χ3n) is 5.08. The predicted molar refractivity (Wildman–Crippen MR) is 73.9 cm³/mol. The zero-order valence-corrected chi connectivity index (χ0v) is 11.7. The smallest absolute Gasteiger partial charge is 0.00795 e. The SMILES string of the molecule is CCC1CCN(CC2CC(C)CCC2N)CC1. The van der Waals surface area contributed by atoms with Crippen LogP contribution in [-0.4, -0.2) is 30.6 Å². The summed E-state index contributed by atoms with van der Waals surface area (Å²) in [6.07, 6.45) is 8.14. The fourth-order valence-corrected chi connectivity index (χ4v) is 3.64. The van der Waals surface area contributed by atoms with Crippen LogP contribution in [0.3, 0.4) is 0 Å². The number of piperidine rings is 1. The summed E-state index contributed by atoms with van der Waals surface area (Å²) in [5.74, 6) is 2.65. The zero-order valence-electron chi connectivity index (χ0n) is 11.7. The van der Waals surface area contributed by atoms with Gasteiger partial charge in [0.15, 0.2) is 0 Å². The van der Waals surface area contributed by atoms with Crippen LogP contribution in [0.25, 0.3) is 0 Å². The molecule has 2 fully saturated rings. The van der Waals surface area contributed by atoms with Crippen LogP contribution in [0.5, 0.6) is 0 Å². The molecule has 0 bridgehead atoms. The van der Waals surface area contributed by atoms with Gasteiger partial charge in [-0.05, 0) is 62.9 Å². The van der Waals surface area contributed by atoms with E-state index in [0.29, 0.717) is 6.04 Å². The Bertz CT molecular complexity index is 221. The summed E-state index contributed by atoms with van der Waals surface area (Å²) < 4.78 is 0. The second-order valence-corrected chi connectivity index (χ2v) is 6.49. The number of rotatable bonds is 3. The lowest BCUT2D eigenvalue weighted by Gasteiger charge is -2.39. The molecule has 0 amide bonds. The molecular formula is C15H30N2. The molecular weight excluding hydrogens is 208 g/mol. The van der Waals surface area contributed by atoms with E-state index in [2.05, 4.69) is 18.7 Å². The first-order valence-corrected chi connectivity index (χ1v) is 7.67. The third-order valence-corrected chi connectivity index (χ3v) is 5.08. The Morgan fingerprint density at radius 2 is 1.82 bits per heavy atom. The Hall–Kier alpha value is -0.0800. The van der Waals surface area contributed by atoms with E-state index in [0.717, 1.165) is 17.8 Å². The van der Waals surface area contributed by atoms with Crippen LogP contribution in [-0.2, 0) is 0 Å². The first kappa shape index (κ1) is 13.4. The normalized spacial score (nSPS) is 37.2. The first-order valence-electron chi connectivity index (χ1n) is 7.67. The largest absolute Gasteiger partial charge is 0.327 e. The van der Waals surface area contributed by atoms with Crippen LogP contribution in [0.2, 0.25) is 0 Å². The number of nitrogens with two attached hydrogens (primary N) is 1. The Morgan fingerprint density at radius 1 is 1.12 bits per heavy atom. The molecule has 1 aliphatic heterocycles. The van der Waals surface area contributed by atoms with E-state index in [4.69, 9.17) is 5.73 Å². The highest BCUT2D eigenvalue weighted by Crippen LogP contribution is 2.30. The molecule has 1 saturated heterocycles. The van der Waals surface area contributed by atoms with Gasteiger partial charge in [-0.3, -0.25) is 0 Å². The Morgan fingerprint density at radius 3 is 2.47 bits per heavy atom. The van der Waals surface area contributed by atoms with E-state index in [1.165, 1.54) is 58.2 Å². The maximum absolute atomic E-state index is 6.29. The maximum Gasteiger partial charge on any atom is 0.00795 e. The van der Waals surface area contributed by atoms with Crippen molar-refractivity contribution in [2.75, 3.05) is 19.6 Å². The highest BCUT2D eigenvalue weighted by Gasteiger charge is 2.28. The van der Waals surface area contributed by atoms with Crippen LogP contribution < -0.4 is 5.73 Å². The van der Waals surface area contributed by atoms with Crippen molar-refractivity contribution in [2.45, 2.75) is 58.4 Å². The fraction of sp³-hybridized carbons (Fsp3) is 1.00. The number of hydrogen-bond donors (Lipinski definition) is 1. The molecule has 2 N–H and O–H groups in total. The maximum atomic E-state index is 6.29. The Kier molecular flexibility index (Phi) is 4.87. The molecule has 0 spiro atoms. The van der Waals surface area contributed by atoms with Gasteiger partial charge in [0, 0.05) is 12.6 Å². The quantitative estimate of drug-likeness (QED) is 0.819. The van der Waals surface area contributed by atoms with E-state index >= 15 is 0 Å². The molecule has 2 rings (SSSR count). The lowest BCUT2D eigenvalue weighted by molar-refractivity contribution is 0.123. The minimum Gasteiger partial charge on any atom is -0.327 e. The molecule has 2 aliphatic rings. The van der Waals surface area contributed by atoms with Crippen molar-refractivity contribution in [3.05, 3.63) is 0 Å². The molecule has 0 aromatic carbocycles. The standard InChI is InChI=1S/C15H30N2/c1-3-13-6-8-17(9-7-13)11-14-10-12(2)4-5-15(14)16/h12-15H,3-11,16H2,1-2H3. The van der Waals surface area contributed by atoms with Crippen LogP contribution in [0, 0.1) is 17.8 Å². The van der Waals surface area contributed by atoms with Gasteiger partial charge in [0.25, 0.3) is 0 Å². The van der Waals surface area contributed by atoms with E-state index < -0.39 is 0 Å². The van der Waals surface area contributed by atoms with Crippen LogP contribution in [0.1, 0.15) is 52.4 Å². The highest BCUT2D eigenvalue weighted by atomic mass is 15.1. The molecule has 1 aliphatic carbocycles. The molecule has 2 heteroatoms. The van der Waals surface area contributed by atoms with Crippen molar-refractivity contribution in [3.63, 3.8) is 0 Å². The summed E-state index contributed by atoms with van der Waals surface area (Å²) in [7, 11) is 0. The van der Waals surface area contributed by atoms with Gasteiger partial charge in [0.2, 0.25) is 0 Å². The summed E-state index contributed by atoms with van der Waals surface area (Å²) in [6.45, 7) is 8.62. The van der Waals surface area contributed by atoms with Crippen molar-refractivity contribution < 1.29 is 0 Å². The number of nitrogens with zero attached hydrogens (tertiary/aromatic N) is 1. The highest BCUT2D eigenvalue weighted by molar-refractivity contribution is 4.84. The van der Waals surface area contributed by atoms with Gasteiger partial charge >= 0.3 is 0 Å². The number of likely N-dealkylation sites (tertiary alicyclic amines) is 1. The molecule has 0 aromatic rings. The van der Waals surface area contributed by atoms with Gasteiger partial charge in [-0.1, -0.05) is 20.3 Å². The summed E-state index contributed by atoms with van der Waals surface area (Å²) in [5.41, 5.74) is 6.29. The summed E-state index contributed by atoms with van der Waals surface area (Å²) >= 11 is 0. The van der Waals surface area contributed by atoms with E-state index in [9.17, 15) is 0 Å². The van der Waals surface area contributed by atoms with Crippen LogP contribution in [0.15, 0.2) is 0 Å². The van der Waals surface area contributed by atoms with Gasteiger partial charge < -0.3 is 10.6 Å². The van der Waals surface area contributed by atoms with Gasteiger partial charge in [-0.25, -0.2) is 0 Å². The minimum atomic E-state index is 0.468. The first-order chi connectivity index (χ1) is 8.19. The molecule has 3 unspecified atom stereocenters. The van der Waals surface area contributed by atoms with Crippen molar-refractivity contribution >= 4 is 0 Å². The van der Waals surface area contributed by atoms with Gasteiger partial charge in [0.1, 0.15) is 0 Å². The molecule has 2 nitrogen and oxygen atoms in total. The third kappa shape index (κ3) is 3.69. The van der Waals surface area contributed by atoms with Crippen molar-refractivity contribution in [1.29, 1.82) is 0 Å². The fourth-order valence-electron chi connectivity index (χ4n) is 3.64. The second kappa shape index (κ2) is 6.19. The summed E-state index contributed by atoms with van der Waals surface area (Å²) in [5, 5.41) is 0. The Labute approximate surface area is 107 Å². The summed E-state index contributed by atoms with van der Waals surface area (Å²) in [6, 6.07) is 0.468. The Balaban J connectivity index is 1.76. The van der Waals surface area contributed by atoms with E-state index in [-0.39, 0.29) is 0 Å². The lowest BCUT2D eigenvalue weighted by atomic mass is 9.78. The van der Waals surface area contributed by atoms with Crippen molar-refractivity contribution in [1.82, 2.24) is 4.90 Å². The average Bonchev–Trinajstić information content (AvgIpc) is 2.35. The molecule has 1 saturated carbocycles. The summed E-state index contributed by atoms with van der Waals surface area (Å²) in [4.78, 5) is 2.68. The molecule has 1 heterocycles. The molecule has 100 valence electrons. The van der Waals surface area contributed by atoms with E-state index in [1.54, 1.807) is 0 Å². The predicted octanol–water partition coefficient (Wildman–Crippen LogP) is 2.87. The molecule has 3 atom stereocenters. The van der Waals surface area contributed by atoms with Crippen molar-refractivity contribution in [3.8, 4) is 0 Å². The monoisotopic (exact) mass is 238 g/mol. The van der Waals surface area contributed by atoms with Gasteiger partial charge in [-0.2, -0.15) is 0 Å². The lowest BCUT2D eigenvalue weighted by Crippen LogP contribution is -2.45. The minimum absolute atomic E-state index is 0.468. The number of hydrogen-bond acceptors (Lipinski definition) is 2. The zero-order chi connectivity index (χ0) is 12.3. The second-order valence-electron chi connectivity index (χ2n) is 6.49.